The number of rotatable bonds is 4. The van der Waals surface area contributed by atoms with Crippen molar-refractivity contribution < 1.29 is 22.8 Å². The molecule has 5 rings (SSSR count). The molecular weight excluding hydrogens is 445 g/mol. The molecule has 1 aromatic rings. The van der Waals surface area contributed by atoms with Gasteiger partial charge in [0, 0.05) is 45.1 Å². The molecule has 3 amide bonds. The summed E-state index contributed by atoms with van der Waals surface area (Å²) in [4.78, 5) is 33.0. The molecule has 4 aliphatic rings. The van der Waals surface area contributed by atoms with Crippen LogP contribution >= 0.6 is 0 Å². The van der Waals surface area contributed by atoms with Crippen LogP contribution in [0.25, 0.3) is 0 Å². The number of urea groups is 1. The number of likely N-dealkylation sites (tertiary alicyclic amines) is 1. The van der Waals surface area contributed by atoms with Crippen molar-refractivity contribution in [3.63, 3.8) is 0 Å². The summed E-state index contributed by atoms with van der Waals surface area (Å²) < 4.78 is 39.0. The van der Waals surface area contributed by atoms with Crippen molar-refractivity contribution in [2.24, 2.45) is 17.3 Å². The SMILES string of the molecule is O=C(CC1=CC(C(F)(F)F)CC=C1)N1CCC2(CC1)CC2CNC(=O)N1Cc2ccncc2C1. The lowest BCUT2D eigenvalue weighted by Gasteiger charge is -2.33. The van der Waals surface area contributed by atoms with E-state index in [0.717, 1.165) is 30.4 Å². The van der Waals surface area contributed by atoms with Crippen molar-refractivity contribution in [2.45, 2.75) is 51.4 Å². The highest BCUT2D eigenvalue weighted by Gasteiger charge is 2.54. The van der Waals surface area contributed by atoms with Crippen LogP contribution in [-0.4, -0.2) is 52.5 Å². The number of carbonyl (C=O) groups excluding carboxylic acids is 2. The summed E-state index contributed by atoms with van der Waals surface area (Å²) in [6.07, 6.45) is 6.36. The number of nitrogens with one attached hydrogen (secondary N) is 1. The molecule has 2 atom stereocenters. The minimum Gasteiger partial charge on any atom is -0.342 e. The van der Waals surface area contributed by atoms with E-state index in [0.29, 0.717) is 44.2 Å². The van der Waals surface area contributed by atoms with E-state index in [1.807, 2.05) is 12.3 Å². The lowest BCUT2D eigenvalue weighted by Crippen LogP contribution is -2.41. The fourth-order valence-corrected chi connectivity index (χ4v) is 5.60. The number of alkyl halides is 3. The molecule has 182 valence electrons. The summed E-state index contributed by atoms with van der Waals surface area (Å²) in [7, 11) is 0. The molecule has 2 fully saturated rings. The first-order valence-corrected chi connectivity index (χ1v) is 11.9. The predicted octanol–water partition coefficient (Wildman–Crippen LogP) is 4.19. The maximum absolute atomic E-state index is 13.0. The molecular formula is C25H29F3N4O2. The third-order valence-corrected chi connectivity index (χ3v) is 7.90. The van der Waals surface area contributed by atoms with Crippen LogP contribution in [0.4, 0.5) is 18.0 Å². The highest BCUT2D eigenvalue weighted by atomic mass is 19.4. The number of nitrogens with zero attached hydrogens (tertiary/aromatic N) is 3. The van der Waals surface area contributed by atoms with Crippen LogP contribution in [0.5, 0.6) is 0 Å². The zero-order valence-electron chi connectivity index (χ0n) is 19.0. The maximum atomic E-state index is 13.0. The van der Waals surface area contributed by atoms with Gasteiger partial charge in [-0.15, -0.1) is 0 Å². The van der Waals surface area contributed by atoms with Gasteiger partial charge in [-0.25, -0.2) is 4.79 Å². The Morgan fingerprint density at radius 3 is 2.65 bits per heavy atom. The monoisotopic (exact) mass is 474 g/mol. The second kappa shape index (κ2) is 8.74. The molecule has 1 N–H and O–H groups in total. The Bertz CT molecular complexity index is 1000. The van der Waals surface area contributed by atoms with Gasteiger partial charge in [0.1, 0.15) is 0 Å². The van der Waals surface area contributed by atoms with E-state index in [1.54, 1.807) is 22.1 Å². The molecule has 9 heteroatoms. The Morgan fingerprint density at radius 1 is 1.15 bits per heavy atom. The van der Waals surface area contributed by atoms with Gasteiger partial charge in [-0.3, -0.25) is 9.78 Å². The Hall–Kier alpha value is -2.84. The van der Waals surface area contributed by atoms with Gasteiger partial charge in [0.2, 0.25) is 5.91 Å². The zero-order chi connectivity index (χ0) is 23.9. The molecule has 2 aliphatic carbocycles. The van der Waals surface area contributed by atoms with Gasteiger partial charge in [-0.1, -0.05) is 18.2 Å². The molecule has 34 heavy (non-hydrogen) atoms. The second-order valence-electron chi connectivity index (χ2n) is 10.0. The average Bonchev–Trinajstić information content (AvgIpc) is 3.29. The summed E-state index contributed by atoms with van der Waals surface area (Å²) in [6, 6.07) is 1.89. The molecule has 1 aromatic heterocycles. The topological polar surface area (TPSA) is 65.5 Å². The van der Waals surface area contributed by atoms with Crippen molar-refractivity contribution >= 4 is 11.9 Å². The van der Waals surface area contributed by atoms with E-state index in [4.69, 9.17) is 0 Å². The van der Waals surface area contributed by atoms with Gasteiger partial charge in [-0.05, 0) is 59.8 Å². The molecule has 2 unspecified atom stereocenters. The van der Waals surface area contributed by atoms with Crippen LogP contribution in [0.15, 0.2) is 42.3 Å². The van der Waals surface area contributed by atoms with Crippen LogP contribution < -0.4 is 5.32 Å². The van der Waals surface area contributed by atoms with Crippen molar-refractivity contribution in [1.82, 2.24) is 20.1 Å². The second-order valence-corrected chi connectivity index (χ2v) is 10.0. The largest absolute Gasteiger partial charge is 0.395 e. The predicted molar refractivity (Wildman–Crippen MR) is 119 cm³/mol. The number of pyridine rings is 1. The Labute approximate surface area is 196 Å². The fourth-order valence-electron chi connectivity index (χ4n) is 5.60. The zero-order valence-corrected chi connectivity index (χ0v) is 19.0. The number of fused-ring (bicyclic) bond motifs is 1. The van der Waals surface area contributed by atoms with Crippen molar-refractivity contribution in [1.29, 1.82) is 0 Å². The summed E-state index contributed by atoms with van der Waals surface area (Å²) in [5.41, 5.74) is 2.85. The Balaban J connectivity index is 1.06. The lowest BCUT2D eigenvalue weighted by atomic mass is 9.90. The number of hydrogen-bond donors (Lipinski definition) is 1. The number of halogens is 3. The maximum Gasteiger partial charge on any atom is 0.395 e. The standard InChI is InChI=1S/C25H29F3N4O2/c26-25(27,28)20-3-1-2-17(10-20)11-22(33)31-8-5-24(6-9-31)12-21(24)14-30-23(34)32-15-18-4-7-29-13-19(18)16-32/h1-2,4,7,10,13,20-21H,3,5-6,8-9,11-12,14-16H2,(H,30,34). The Morgan fingerprint density at radius 2 is 1.91 bits per heavy atom. The molecule has 3 heterocycles. The van der Waals surface area contributed by atoms with E-state index in [9.17, 15) is 22.8 Å². The molecule has 1 spiro atoms. The van der Waals surface area contributed by atoms with Gasteiger partial charge < -0.3 is 15.1 Å². The molecule has 1 saturated carbocycles. The number of amides is 3. The smallest absolute Gasteiger partial charge is 0.342 e. The normalized spacial score (nSPS) is 25.2. The number of piperidine rings is 1. The van der Waals surface area contributed by atoms with E-state index in [2.05, 4.69) is 10.3 Å². The average molecular weight is 475 g/mol. The third-order valence-electron chi connectivity index (χ3n) is 7.90. The molecule has 0 aromatic carbocycles. The fraction of sp³-hybridized carbons (Fsp3) is 0.560. The highest BCUT2D eigenvalue weighted by molar-refractivity contribution is 5.79. The van der Waals surface area contributed by atoms with Crippen molar-refractivity contribution in [3.05, 3.63) is 53.4 Å². The van der Waals surface area contributed by atoms with Gasteiger partial charge >= 0.3 is 12.2 Å². The molecule has 0 bridgehead atoms. The van der Waals surface area contributed by atoms with E-state index in [-0.39, 0.29) is 30.2 Å². The number of hydrogen-bond acceptors (Lipinski definition) is 3. The van der Waals surface area contributed by atoms with Gasteiger partial charge in [-0.2, -0.15) is 13.2 Å². The third kappa shape index (κ3) is 4.70. The van der Waals surface area contributed by atoms with Crippen LogP contribution in [0.3, 0.4) is 0 Å². The number of allylic oxidation sites excluding steroid dienone is 3. The van der Waals surface area contributed by atoms with Crippen molar-refractivity contribution in [3.8, 4) is 0 Å². The minimum absolute atomic E-state index is 0.0172. The van der Waals surface area contributed by atoms with Crippen LogP contribution in [-0.2, 0) is 17.9 Å². The lowest BCUT2D eigenvalue weighted by molar-refractivity contribution is -0.160. The summed E-state index contributed by atoms with van der Waals surface area (Å²) in [5.74, 6) is -1.20. The summed E-state index contributed by atoms with van der Waals surface area (Å²) >= 11 is 0. The van der Waals surface area contributed by atoms with E-state index >= 15 is 0 Å². The molecule has 0 radical (unpaired) electrons. The van der Waals surface area contributed by atoms with Gasteiger partial charge in [0.15, 0.2) is 0 Å². The van der Waals surface area contributed by atoms with E-state index < -0.39 is 12.1 Å². The Kier molecular flexibility index (Phi) is 5.90. The first-order valence-electron chi connectivity index (χ1n) is 11.9. The van der Waals surface area contributed by atoms with E-state index in [1.165, 1.54) is 12.2 Å². The van der Waals surface area contributed by atoms with Crippen LogP contribution in [0.2, 0.25) is 0 Å². The molecule has 1 saturated heterocycles. The summed E-state index contributed by atoms with van der Waals surface area (Å²) in [6.45, 7) is 3.06. The molecule has 6 nitrogen and oxygen atoms in total. The van der Waals surface area contributed by atoms with Crippen LogP contribution in [0.1, 0.15) is 43.2 Å². The van der Waals surface area contributed by atoms with Crippen LogP contribution in [0, 0.1) is 17.3 Å². The van der Waals surface area contributed by atoms with Crippen molar-refractivity contribution in [2.75, 3.05) is 19.6 Å². The number of carbonyl (C=O) groups is 2. The first kappa shape index (κ1) is 22.9. The molecule has 2 aliphatic heterocycles. The van der Waals surface area contributed by atoms with Gasteiger partial charge in [0.05, 0.1) is 12.3 Å². The highest BCUT2D eigenvalue weighted by Crippen LogP contribution is 2.59. The van der Waals surface area contributed by atoms with Gasteiger partial charge in [0.25, 0.3) is 0 Å². The minimum atomic E-state index is -4.27. The number of aromatic nitrogens is 1. The summed E-state index contributed by atoms with van der Waals surface area (Å²) in [5, 5.41) is 3.08. The first-order chi connectivity index (χ1) is 16.2. The quantitative estimate of drug-likeness (QED) is 0.712.